The Morgan fingerprint density at radius 3 is 2.62 bits per heavy atom. The number of aliphatic imine (C=N–C) groups is 1. The summed E-state index contributed by atoms with van der Waals surface area (Å²) in [5, 5.41) is 10.3. The van der Waals surface area contributed by atoms with Crippen LogP contribution in [0.3, 0.4) is 0 Å². The van der Waals surface area contributed by atoms with Gasteiger partial charge in [0, 0.05) is 36.6 Å². The molecule has 3 heteroatoms. The number of benzene rings is 1. The predicted octanol–water partition coefficient (Wildman–Crippen LogP) is 3.75. The van der Waals surface area contributed by atoms with Gasteiger partial charge in [0.1, 0.15) is 5.75 Å². The number of nitrogens with zero attached hydrogens (tertiary/aromatic N) is 2. The number of phenolic OH excluding ortho intramolecular Hbond substituents is 1. The van der Waals surface area contributed by atoms with Crippen LogP contribution in [0.1, 0.15) is 37.6 Å². The maximum atomic E-state index is 10.3. The van der Waals surface area contributed by atoms with Gasteiger partial charge in [-0.25, -0.2) is 0 Å². The first-order chi connectivity index (χ1) is 9.98. The number of phenols is 1. The van der Waals surface area contributed by atoms with Crippen LogP contribution in [0.4, 0.5) is 0 Å². The summed E-state index contributed by atoms with van der Waals surface area (Å²) in [6.45, 7) is 6.92. The van der Waals surface area contributed by atoms with Crippen molar-refractivity contribution in [1.82, 2.24) is 4.98 Å². The maximum absolute atomic E-state index is 10.3. The first-order valence-electron chi connectivity index (χ1n) is 7.20. The van der Waals surface area contributed by atoms with Crippen LogP contribution in [-0.4, -0.2) is 22.8 Å². The number of aromatic hydroxyl groups is 1. The van der Waals surface area contributed by atoms with E-state index in [-0.39, 0.29) is 5.41 Å². The Bertz CT molecular complexity index is 613. The molecule has 0 aliphatic rings. The van der Waals surface area contributed by atoms with Crippen molar-refractivity contribution in [1.29, 1.82) is 0 Å². The molecule has 0 atom stereocenters. The molecule has 0 aliphatic carbocycles. The maximum Gasteiger partial charge on any atom is 0.128 e. The fraction of sp³-hybridized carbons (Fsp3) is 0.333. The van der Waals surface area contributed by atoms with E-state index in [1.807, 2.05) is 36.4 Å². The van der Waals surface area contributed by atoms with E-state index in [0.717, 1.165) is 23.2 Å². The van der Waals surface area contributed by atoms with Crippen LogP contribution >= 0.6 is 0 Å². The van der Waals surface area contributed by atoms with Crippen molar-refractivity contribution in [3.63, 3.8) is 0 Å². The average Bonchev–Trinajstić information content (AvgIpc) is 2.45. The van der Waals surface area contributed by atoms with Crippen molar-refractivity contribution < 1.29 is 5.11 Å². The molecular formula is C18H22N2O. The zero-order valence-electron chi connectivity index (χ0n) is 12.9. The lowest BCUT2D eigenvalue weighted by Crippen LogP contribution is -2.11. The van der Waals surface area contributed by atoms with Crippen LogP contribution in [-0.2, 0) is 11.8 Å². The summed E-state index contributed by atoms with van der Waals surface area (Å²) in [7, 11) is 0. The van der Waals surface area contributed by atoms with E-state index >= 15 is 0 Å². The number of aromatic nitrogens is 1. The smallest absolute Gasteiger partial charge is 0.128 e. The van der Waals surface area contributed by atoms with Gasteiger partial charge in [0.15, 0.2) is 0 Å². The second kappa shape index (κ2) is 6.53. The fourth-order valence-electron chi connectivity index (χ4n) is 2.16. The molecule has 0 spiro atoms. The van der Waals surface area contributed by atoms with Crippen molar-refractivity contribution in [2.24, 2.45) is 4.99 Å². The molecule has 1 aromatic heterocycles. The summed E-state index contributed by atoms with van der Waals surface area (Å²) in [6, 6.07) is 11.7. The molecule has 0 amide bonds. The largest absolute Gasteiger partial charge is 0.507 e. The van der Waals surface area contributed by atoms with E-state index in [1.54, 1.807) is 12.4 Å². The minimum atomic E-state index is -0.0815. The fourth-order valence-corrected chi connectivity index (χ4v) is 2.16. The van der Waals surface area contributed by atoms with Crippen molar-refractivity contribution in [2.45, 2.75) is 32.6 Å². The Labute approximate surface area is 126 Å². The van der Waals surface area contributed by atoms with Crippen LogP contribution < -0.4 is 0 Å². The van der Waals surface area contributed by atoms with E-state index in [9.17, 15) is 5.11 Å². The standard InChI is InChI=1S/C18H22N2O/c1-18(2,3)16-9-6-7-14(17(16)21)13-19-12-10-15-8-4-5-11-20-15/h4-9,11,13,21H,10,12H2,1-3H3. The van der Waals surface area contributed by atoms with Gasteiger partial charge < -0.3 is 5.11 Å². The second-order valence-corrected chi connectivity index (χ2v) is 6.10. The average molecular weight is 282 g/mol. The van der Waals surface area contributed by atoms with Gasteiger partial charge in [0.05, 0.1) is 0 Å². The molecular weight excluding hydrogens is 260 g/mol. The second-order valence-electron chi connectivity index (χ2n) is 6.10. The lowest BCUT2D eigenvalue weighted by molar-refractivity contribution is 0.446. The number of hydrogen-bond acceptors (Lipinski definition) is 3. The monoisotopic (exact) mass is 282 g/mol. The Morgan fingerprint density at radius 1 is 1.14 bits per heavy atom. The zero-order chi connectivity index (χ0) is 15.3. The van der Waals surface area contributed by atoms with Crippen LogP contribution in [0.5, 0.6) is 5.75 Å². The first kappa shape index (κ1) is 15.2. The van der Waals surface area contributed by atoms with Crippen molar-refractivity contribution >= 4 is 6.21 Å². The van der Waals surface area contributed by atoms with E-state index in [4.69, 9.17) is 0 Å². The third-order valence-electron chi connectivity index (χ3n) is 3.33. The third kappa shape index (κ3) is 4.15. The molecule has 0 bridgehead atoms. The number of hydrogen-bond donors (Lipinski definition) is 1. The SMILES string of the molecule is CC(C)(C)c1cccc(C=NCCc2ccccn2)c1O. The highest BCUT2D eigenvalue weighted by molar-refractivity contribution is 5.84. The van der Waals surface area contributed by atoms with Gasteiger partial charge in [-0.15, -0.1) is 0 Å². The summed E-state index contributed by atoms with van der Waals surface area (Å²) in [6.07, 6.45) is 4.34. The Balaban J connectivity index is 2.05. The topological polar surface area (TPSA) is 45.5 Å². The molecule has 0 aliphatic heterocycles. The van der Waals surface area contributed by atoms with E-state index in [2.05, 4.69) is 30.7 Å². The van der Waals surface area contributed by atoms with Gasteiger partial charge in [-0.05, 0) is 29.2 Å². The number of para-hydroxylation sites is 1. The third-order valence-corrected chi connectivity index (χ3v) is 3.33. The number of pyridine rings is 1. The highest BCUT2D eigenvalue weighted by atomic mass is 16.3. The Hall–Kier alpha value is -2.16. The molecule has 0 radical (unpaired) electrons. The quantitative estimate of drug-likeness (QED) is 0.868. The van der Waals surface area contributed by atoms with Crippen molar-refractivity contribution in [3.05, 3.63) is 59.4 Å². The lowest BCUT2D eigenvalue weighted by Gasteiger charge is -2.21. The summed E-state index contributed by atoms with van der Waals surface area (Å²) >= 11 is 0. The highest BCUT2D eigenvalue weighted by Gasteiger charge is 2.18. The molecule has 1 N–H and O–H groups in total. The van der Waals surface area contributed by atoms with Gasteiger partial charge in [-0.1, -0.05) is 39.0 Å². The van der Waals surface area contributed by atoms with Crippen molar-refractivity contribution in [2.75, 3.05) is 6.54 Å². The summed E-state index contributed by atoms with van der Waals surface area (Å²) < 4.78 is 0. The first-order valence-corrected chi connectivity index (χ1v) is 7.20. The van der Waals surface area contributed by atoms with Gasteiger partial charge in [0.2, 0.25) is 0 Å². The molecule has 0 saturated heterocycles. The molecule has 1 heterocycles. The van der Waals surface area contributed by atoms with Gasteiger partial charge in [-0.3, -0.25) is 9.98 Å². The Kier molecular flexibility index (Phi) is 4.73. The van der Waals surface area contributed by atoms with Crippen LogP contribution in [0.2, 0.25) is 0 Å². The van der Waals surface area contributed by atoms with Crippen LogP contribution in [0.25, 0.3) is 0 Å². The Morgan fingerprint density at radius 2 is 1.95 bits per heavy atom. The summed E-state index contributed by atoms with van der Waals surface area (Å²) in [4.78, 5) is 8.66. The predicted molar refractivity (Wildman–Crippen MR) is 87.2 cm³/mol. The van der Waals surface area contributed by atoms with E-state index in [1.165, 1.54) is 0 Å². The molecule has 1 aromatic carbocycles. The molecule has 2 rings (SSSR count). The zero-order valence-corrected chi connectivity index (χ0v) is 12.9. The molecule has 110 valence electrons. The van der Waals surface area contributed by atoms with Crippen LogP contribution in [0, 0.1) is 0 Å². The van der Waals surface area contributed by atoms with Gasteiger partial charge in [0.25, 0.3) is 0 Å². The molecule has 3 nitrogen and oxygen atoms in total. The van der Waals surface area contributed by atoms with Crippen LogP contribution in [0.15, 0.2) is 47.6 Å². The number of rotatable bonds is 4. The molecule has 2 aromatic rings. The minimum Gasteiger partial charge on any atom is -0.507 e. The normalized spacial score (nSPS) is 12.0. The highest BCUT2D eigenvalue weighted by Crippen LogP contribution is 2.32. The van der Waals surface area contributed by atoms with E-state index in [0.29, 0.717) is 12.3 Å². The van der Waals surface area contributed by atoms with E-state index < -0.39 is 0 Å². The molecule has 0 unspecified atom stereocenters. The van der Waals surface area contributed by atoms with Gasteiger partial charge >= 0.3 is 0 Å². The lowest BCUT2D eigenvalue weighted by atomic mass is 9.85. The molecule has 0 fully saturated rings. The van der Waals surface area contributed by atoms with Crippen molar-refractivity contribution in [3.8, 4) is 5.75 Å². The summed E-state index contributed by atoms with van der Waals surface area (Å²) in [5.41, 5.74) is 2.66. The minimum absolute atomic E-state index is 0.0815. The molecule has 0 saturated carbocycles. The molecule has 21 heavy (non-hydrogen) atoms. The summed E-state index contributed by atoms with van der Waals surface area (Å²) in [5.74, 6) is 0.326. The van der Waals surface area contributed by atoms with Gasteiger partial charge in [-0.2, -0.15) is 0 Å².